The first-order valence-corrected chi connectivity index (χ1v) is 16.3. The Morgan fingerprint density at radius 2 is 1.43 bits per heavy atom. The lowest BCUT2D eigenvalue weighted by Crippen LogP contribution is -2.52. The van der Waals surface area contributed by atoms with Gasteiger partial charge in [-0.25, -0.2) is 0 Å². The first-order chi connectivity index (χ1) is 18.0. The molecule has 0 saturated carbocycles. The highest BCUT2D eigenvalue weighted by Gasteiger charge is 2.37. The number of aromatic nitrogens is 1. The molecule has 0 fully saturated rings. The lowest BCUT2D eigenvalue weighted by atomic mass is 9.81. The SMILES string of the molecule is [2H]c1c(C)[n+](C)c(-c2cc3c(cc2C)-c2ccccc2C3(C)C)c2ccc([Si](C)(C)c3ccccc3)cc12. The van der Waals surface area contributed by atoms with E-state index in [-0.39, 0.29) is 5.41 Å². The number of fused-ring (bicyclic) bond motifs is 4. The van der Waals surface area contributed by atoms with Crippen molar-refractivity contribution in [2.24, 2.45) is 7.05 Å². The Morgan fingerprint density at radius 1 is 0.730 bits per heavy atom. The molecule has 0 amide bonds. The second-order valence-corrected chi connectivity index (χ2v) is 16.2. The van der Waals surface area contributed by atoms with E-state index in [1.807, 2.05) is 0 Å². The van der Waals surface area contributed by atoms with Crippen molar-refractivity contribution >= 4 is 29.2 Å². The maximum Gasteiger partial charge on any atom is 0.220 e. The Labute approximate surface area is 223 Å². The summed E-state index contributed by atoms with van der Waals surface area (Å²) in [5.74, 6) is 0. The van der Waals surface area contributed by atoms with Gasteiger partial charge < -0.3 is 0 Å². The van der Waals surface area contributed by atoms with E-state index in [2.05, 4.69) is 137 Å². The van der Waals surface area contributed by atoms with Gasteiger partial charge in [-0.15, -0.1) is 0 Å². The highest BCUT2D eigenvalue weighted by Crippen LogP contribution is 2.50. The summed E-state index contributed by atoms with van der Waals surface area (Å²) in [7, 11) is 0.223. The van der Waals surface area contributed by atoms with Gasteiger partial charge in [0.15, 0.2) is 5.69 Å². The first kappa shape index (κ1) is 22.7. The molecular weight excluding hydrogens is 462 g/mol. The van der Waals surface area contributed by atoms with E-state index < -0.39 is 8.07 Å². The zero-order chi connectivity index (χ0) is 27.0. The van der Waals surface area contributed by atoms with Crippen molar-refractivity contribution in [3.05, 3.63) is 113 Å². The molecule has 184 valence electrons. The van der Waals surface area contributed by atoms with Crippen LogP contribution in [0.25, 0.3) is 33.2 Å². The van der Waals surface area contributed by atoms with Crippen molar-refractivity contribution in [3.8, 4) is 22.4 Å². The van der Waals surface area contributed by atoms with Crippen molar-refractivity contribution in [1.29, 1.82) is 0 Å². The molecule has 0 spiro atoms. The number of pyridine rings is 1. The summed E-state index contributed by atoms with van der Waals surface area (Å²) in [5.41, 5.74) is 10.2. The number of aryl methyl sites for hydroxylation is 1. The van der Waals surface area contributed by atoms with E-state index in [4.69, 9.17) is 1.37 Å². The summed E-state index contributed by atoms with van der Waals surface area (Å²) in [5, 5.41) is 4.99. The van der Waals surface area contributed by atoms with Crippen LogP contribution in [0.4, 0.5) is 0 Å². The van der Waals surface area contributed by atoms with E-state index in [1.165, 1.54) is 49.4 Å². The maximum atomic E-state index is 9.12. The van der Waals surface area contributed by atoms with Crippen LogP contribution in [0.2, 0.25) is 13.1 Å². The van der Waals surface area contributed by atoms with Crippen LogP contribution in [0.3, 0.4) is 0 Å². The van der Waals surface area contributed by atoms with Crippen molar-refractivity contribution in [2.45, 2.75) is 46.2 Å². The number of benzene rings is 4. The average Bonchev–Trinajstić information content (AvgIpc) is 3.14. The predicted molar refractivity (Wildman–Crippen MR) is 161 cm³/mol. The highest BCUT2D eigenvalue weighted by molar-refractivity contribution is 7.00. The van der Waals surface area contributed by atoms with Gasteiger partial charge in [0.25, 0.3) is 0 Å². The number of rotatable bonds is 3. The fourth-order valence-electron chi connectivity index (χ4n) is 6.33. The minimum Gasteiger partial charge on any atom is -0.198 e. The van der Waals surface area contributed by atoms with Crippen LogP contribution in [-0.4, -0.2) is 8.07 Å². The predicted octanol–water partition coefficient (Wildman–Crippen LogP) is 7.08. The summed E-state index contributed by atoms with van der Waals surface area (Å²) >= 11 is 0. The minimum atomic E-state index is -1.89. The van der Waals surface area contributed by atoms with E-state index in [1.54, 1.807) is 0 Å². The third kappa shape index (κ3) is 3.54. The largest absolute Gasteiger partial charge is 0.220 e. The Bertz CT molecular complexity index is 1750. The standard InChI is InChI=1S/C35H36NSi/c1-23-19-31-29-15-11-12-16-32(29)35(3,4)33(31)22-30(23)34-28-18-17-27(21-25(28)20-24(2)36(34)5)37(6,7)26-13-9-8-10-14-26/h8-22H,1-7H3/q+1/i20D. The van der Waals surface area contributed by atoms with Gasteiger partial charge in [0.2, 0.25) is 5.69 Å². The van der Waals surface area contributed by atoms with Gasteiger partial charge in [-0.05, 0) is 52.3 Å². The topological polar surface area (TPSA) is 3.88 Å². The van der Waals surface area contributed by atoms with Crippen LogP contribution in [0.15, 0.2) is 91.0 Å². The Hall–Kier alpha value is -3.49. The molecule has 0 atom stereocenters. The zero-order valence-corrected chi connectivity index (χ0v) is 24.0. The molecule has 1 nitrogen and oxygen atoms in total. The zero-order valence-electron chi connectivity index (χ0n) is 24.0. The second-order valence-electron chi connectivity index (χ2n) is 11.8. The summed E-state index contributed by atoms with van der Waals surface area (Å²) in [6.45, 7) is 13.8. The average molecular weight is 500 g/mol. The lowest BCUT2D eigenvalue weighted by molar-refractivity contribution is -0.665. The first-order valence-electron chi connectivity index (χ1n) is 13.8. The highest BCUT2D eigenvalue weighted by atomic mass is 28.3. The molecule has 5 aromatic rings. The van der Waals surface area contributed by atoms with Gasteiger partial charge in [0.1, 0.15) is 15.1 Å². The van der Waals surface area contributed by atoms with Gasteiger partial charge in [-0.3, -0.25) is 0 Å². The summed E-state index contributed by atoms with van der Waals surface area (Å²) in [6, 6.07) is 32.1. The fraction of sp³-hybridized carbons (Fsp3) is 0.229. The second kappa shape index (κ2) is 8.26. The Morgan fingerprint density at radius 3 is 2.19 bits per heavy atom. The summed E-state index contributed by atoms with van der Waals surface area (Å²) < 4.78 is 11.3. The molecule has 1 aromatic heterocycles. The monoisotopic (exact) mass is 499 g/mol. The van der Waals surface area contributed by atoms with Crippen LogP contribution >= 0.6 is 0 Å². The number of nitrogens with zero attached hydrogens (tertiary/aromatic N) is 1. The molecule has 0 N–H and O–H groups in total. The molecule has 6 rings (SSSR count). The molecule has 2 heteroatoms. The minimum absolute atomic E-state index is 0.0500. The van der Waals surface area contributed by atoms with Crippen LogP contribution in [-0.2, 0) is 12.5 Å². The lowest BCUT2D eigenvalue weighted by Gasteiger charge is -2.24. The molecule has 37 heavy (non-hydrogen) atoms. The van der Waals surface area contributed by atoms with Crippen molar-refractivity contribution in [3.63, 3.8) is 0 Å². The van der Waals surface area contributed by atoms with Gasteiger partial charge in [-0.2, -0.15) is 4.57 Å². The maximum absolute atomic E-state index is 9.12. The smallest absolute Gasteiger partial charge is 0.198 e. The van der Waals surface area contributed by atoms with Crippen molar-refractivity contribution in [2.75, 3.05) is 0 Å². The summed E-state index contributed by atoms with van der Waals surface area (Å²) in [4.78, 5) is 0. The molecule has 0 unspecified atom stereocenters. The molecule has 1 heterocycles. The third-order valence-electron chi connectivity index (χ3n) is 8.83. The van der Waals surface area contributed by atoms with E-state index >= 15 is 0 Å². The quantitative estimate of drug-likeness (QED) is 0.184. The molecule has 0 bridgehead atoms. The molecule has 0 aliphatic heterocycles. The fourth-order valence-corrected chi connectivity index (χ4v) is 8.69. The Balaban J connectivity index is 1.60. The van der Waals surface area contributed by atoms with Gasteiger partial charge in [0, 0.05) is 18.4 Å². The van der Waals surface area contributed by atoms with Crippen LogP contribution < -0.4 is 14.9 Å². The van der Waals surface area contributed by atoms with E-state index in [9.17, 15) is 0 Å². The van der Waals surface area contributed by atoms with Crippen molar-refractivity contribution < 1.29 is 5.94 Å². The molecular formula is C35H36NSi+. The van der Waals surface area contributed by atoms with Gasteiger partial charge >= 0.3 is 0 Å². The van der Waals surface area contributed by atoms with Gasteiger partial charge in [-0.1, -0.05) is 110 Å². The van der Waals surface area contributed by atoms with E-state index in [0.29, 0.717) is 6.04 Å². The number of hydrogen-bond donors (Lipinski definition) is 0. The molecule has 0 radical (unpaired) electrons. The van der Waals surface area contributed by atoms with Crippen LogP contribution in [0.1, 0.15) is 37.6 Å². The normalized spacial score (nSPS) is 14.4. The van der Waals surface area contributed by atoms with Crippen LogP contribution in [0.5, 0.6) is 0 Å². The molecule has 0 saturated heterocycles. The van der Waals surface area contributed by atoms with Crippen LogP contribution in [0, 0.1) is 13.8 Å². The third-order valence-corrected chi connectivity index (χ3v) is 12.4. The summed E-state index contributed by atoms with van der Waals surface area (Å²) in [6.07, 6.45) is 0. The molecule has 4 aromatic carbocycles. The molecule has 1 aliphatic rings. The van der Waals surface area contributed by atoms with Crippen molar-refractivity contribution in [1.82, 2.24) is 0 Å². The molecule has 1 aliphatic carbocycles. The Kier molecular flexibility index (Phi) is 5.06. The van der Waals surface area contributed by atoms with E-state index in [0.717, 1.165) is 16.5 Å². The number of hydrogen-bond acceptors (Lipinski definition) is 0. The van der Waals surface area contributed by atoms with Gasteiger partial charge in [0.05, 0.1) is 12.3 Å².